The molecule has 0 spiro atoms. The summed E-state index contributed by atoms with van der Waals surface area (Å²) in [6.45, 7) is 1.84. The van der Waals surface area contributed by atoms with Crippen molar-refractivity contribution in [3.63, 3.8) is 0 Å². The van der Waals surface area contributed by atoms with Gasteiger partial charge in [0, 0.05) is 0 Å². The Balaban J connectivity index is 1.50. The molecule has 1 fully saturated rings. The fraction of sp³-hybridized carbons (Fsp3) is 0.238. The van der Waals surface area contributed by atoms with Crippen molar-refractivity contribution in [2.45, 2.75) is 30.8 Å². The van der Waals surface area contributed by atoms with E-state index < -0.39 is 18.0 Å². The molecule has 11 heteroatoms. The third-order valence-corrected chi connectivity index (χ3v) is 6.49. The average Bonchev–Trinajstić information content (AvgIpc) is 3.52. The number of thioether (sulfide) groups is 1. The second kappa shape index (κ2) is 9.09. The Hall–Kier alpha value is -2.62. The van der Waals surface area contributed by atoms with Gasteiger partial charge in [-0.3, -0.25) is 4.79 Å². The minimum atomic E-state index is -1.12. The van der Waals surface area contributed by atoms with Crippen LogP contribution in [0.1, 0.15) is 40.2 Å². The van der Waals surface area contributed by atoms with Crippen LogP contribution in [0.3, 0.4) is 0 Å². The second-order valence-electron chi connectivity index (χ2n) is 7.37. The number of halogens is 3. The number of carbonyl (C=O) groups excluding carboxylic acids is 1. The molecule has 32 heavy (non-hydrogen) atoms. The minimum absolute atomic E-state index is 0.00547. The lowest BCUT2D eigenvalue weighted by atomic mass is 10.1. The molecule has 0 radical (unpaired) electrons. The summed E-state index contributed by atoms with van der Waals surface area (Å²) in [5, 5.41) is 19.6. The number of carboxylic acid groups (broad SMARTS) is 1. The van der Waals surface area contributed by atoms with Gasteiger partial charge in [-0.15, -0.1) is 5.10 Å². The number of rotatable bonds is 7. The van der Waals surface area contributed by atoms with Crippen LogP contribution >= 0.6 is 35.0 Å². The van der Waals surface area contributed by atoms with E-state index in [-0.39, 0.29) is 27.2 Å². The van der Waals surface area contributed by atoms with E-state index in [2.05, 4.69) is 15.5 Å². The molecule has 7 nitrogen and oxygen atoms in total. The summed E-state index contributed by atoms with van der Waals surface area (Å²) in [6.07, 6.45) is 1.41. The highest BCUT2D eigenvalue weighted by atomic mass is 35.5. The van der Waals surface area contributed by atoms with E-state index in [4.69, 9.17) is 28.3 Å². The first kappa shape index (κ1) is 22.6. The zero-order chi connectivity index (χ0) is 23.0. The Morgan fingerprint density at radius 1 is 1.22 bits per heavy atom. The fourth-order valence-corrected chi connectivity index (χ4v) is 4.61. The van der Waals surface area contributed by atoms with Gasteiger partial charge >= 0.3 is 12.0 Å². The highest BCUT2D eigenvalue weighted by molar-refractivity contribution is 7.99. The molecule has 0 atom stereocenters. The number of aromatic carboxylic acids is 1. The topological polar surface area (TPSA) is 97.1 Å². The molecule has 0 unspecified atom stereocenters. The maximum Gasteiger partial charge on any atom is 0.335 e. The van der Waals surface area contributed by atoms with Crippen molar-refractivity contribution in [3.05, 3.63) is 63.1 Å². The van der Waals surface area contributed by atoms with Crippen molar-refractivity contribution < 1.29 is 19.1 Å². The lowest BCUT2D eigenvalue weighted by Gasteiger charge is -2.14. The summed E-state index contributed by atoms with van der Waals surface area (Å²) >= 11 is 13.5. The van der Waals surface area contributed by atoms with E-state index in [0.29, 0.717) is 16.6 Å². The Morgan fingerprint density at radius 2 is 1.97 bits per heavy atom. The van der Waals surface area contributed by atoms with Crippen molar-refractivity contribution >= 4 is 52.5 Å². The lowest BCUT2D eigenvalue weighted by Crippen LogP contribution is -2.15. The van der Waals surface area contributed by atoms with E-state index in [1.54, 1.807) is 0 Å². The molecular weight excluding hydrogens is 478 g/mol. The summed E-state index contributed by atoms with van der Waals surface area (Å²) in [7, 11) is 0. The summed E-state index contributed by atoms with van der Waals surface area (Å²) in [6, 6.07) is 7.81. The third-order valence-electron chi connectivity index (χ3n) is 4.97. The van der Waals surface area contributed by atoms with E-state index in [1.807, 2.05) is 19.1 Å². The van der Waals surface area contributed by atoms with Crippen molar-refractivity contribution in [3.8, 4) is 5.69 Å². The summed E-state index contributed by atoms with van der Waals surface area (Å²) in [5.41, 5.74) is 2.63. The van der Waals surface area contributed by atoms with Gasteiger partial charge in [0.1, 0.15) is 0 Å². The maximum absolute atomic E-state index is 14.5. The van der Waals surface area contributed by atoms with E-state index >= 15 is 0 Å². The SMILES string of the molecule is Cc1cc(C2CC2)cc(Cl)c1-n1c(F)nnc1SCC(=O)Nc1ccc(C(=O)O)cc1Cl. The Kier molecular flexibility index (Phi) is 6.41. The summed E-state index contributed by atoms with van der Waals surface area (Å²) in [5.74, 6) is -1.16. The Morgan fingerprint density at radius 3 is 2.59 bits per heavy atom. The number of carboxylic acids is 1. The number of hydrogen-bond acceptors (Lipinski definition) is 5. The van der Waals surface area contributed by atoms with Gasteiger partial charge in [0.15, 0.2) is 5.16 Å². The van der Waals surface area contributed by atoms with Crippen LogP contribution in [0.15, 0.2) is 35.5 Å². The van der Waals surface area contributed by atoms with Crippen LogP contribution in [0.4, 0.5) is 10.1 Å². The lowest BCUT2D eigenvalue weighted by molar-refractivity contribution is -0.113. The molecule has 1 saturated carbocycles. The van der Waals surface area contributed by atoms with Crippen LogP contribution in [0.5, 0.6) is 0 Å². The molecule has 0 bridgehead atoms. The number of hydrogen-bond donors (Lipinski definition) is 2. The van der Waals surface area contributed by atoms with Crippen LogP contribution in [-0.4, -0.2) is 37.5 Å². The minimum Gasteiger partial charge on any atom is -0.478 e. The van der Waals surface area contributed by atoms with Crippen molar-refractivity contribution in [1.82, 2.24) is 14.8 Å². The van der Waals surface area contributed by atoms with Gasteiger partial charge in [-0.2, -0.15) is 4.39 Å². The number of benzene rings is 2. The number of nitrogens with zero attached hydrogens (tertiary/aromatic N) is 3. The predicted molar refractivity (Wildman–Crippen MR) is 121 cm³/mol. The number of carbonyl (C=O) groups is 2. The van der Waals surface area contributed by atoms with Crippen LogP contribution in [0.25, 0.3) is 5.69 Å². The highest BCUT2D eigenvalue weighted by Gasteiger charge is 2.26. The molecule has 1 amide bonds. The summed E-state index contributed by atoms with van der Waals surface area (Å²) in [4.78, 5) is 23.4. The number of aromatic nitrogens is 3. The van der Waals surface area contributed by atoms with Gasteiger partial charge in [-0.05, 0) is 61.1 Å². The zero-order valence-corrected chi connectivity index (χ0v) is 19.1. The molecule has 0 aliphatic heterocycles. The van der Waals surface area contributed by atoms with E-state index in [9.17, 15) is 14.0 Å². The van der Waals surface area contributed by atoms with Gasteiger partial charge in [0.25, 0.3) is 0 Å². The molecular formula is C21H17Cl2FN4O3S. The molecule has 1 aliphatic carbocycles. The first-order valence-corrected chi connectivity index (χ1v) is 11.4. The monoisotopic (exact) mass is 494 g/mol. The molecule has 4 rings (SSSR count). The molecule has 2 N–H and O–H groups in total. The first-order chi connectivity index (χ1) is 15.2. The highest BCUT2D eigenvalue weighted by Crippen LogP contribution is 2.43. The summed E-state index contributed by atoms with van der Waals surface area (Å²) < 4.78 is 15.7. The molecule has 0 saturated heterocycles. The van der Waals surface area contributed by atoms with Crippen LogP contribution < -0.4 is 5.32 Å². The average molecular weight is 495 g/mol. The van der Waals surface area contributed by atoms with E-state index in [1.165, 1.54) is 22.8 Å². The van der Waals surface area contributed by atoms with E-state index in [0.717, 1.165) is 35.7 Å². The standard InChI is InChI=1S/C21H17Cl2FN4O3S/c1-10-6-13(11-2-3-11)8-15(23)18(10)28-20(24)26-27-21(28)32-9-17(29)25-16-5-4-12(19(30)31)7-14(16)22/h4-8,11H,2-3,9H2,1H3,(H,25,29)(H,30,31). The number of aryl methyl sites for hydroxylation is 1. The molecule has 1 heterocycles. The molecule has 166 valence electrons. The Labute approximate surface area is 196 Å². The number of anilines is 1. The van der Waals surface area contributed by atoms with Crippen LogP contribution in [-0.2, 0) is 4.79 Å². The second-order valence-corrected chi connectivity index (χ2v) is 9.12. The van der Waals surface area contributed by atoms with Crippen LogP contribution in [0, 0.1) is 13.0 Å². The molecule has 3 aromatic rings. The maximum atomic E-state index is 14.5. The van der Waals surface area contributed by atoms with Gasteiger partial charge in [0.2, 0.25) is 5.91 Å². The molecule has 1 aromatic heterocycles. The van der Waals surface area contributed by atoms with Crippen molar-refractivity contribution in [2.75, 3.05) is 11.1 Å². The third kappa shape index (κ3) is 4.74. The fourth-order valence-electron chi connectivity index (χ4n) is 3.30. The van der Waals surface area contributed by atoms with Gasteiger partial charge < -0.3 is 10.4 Å². The quantitative estimate of drug-likeness (QED) is 0.431. The largest absolute Gasteiger partial charge is 0.478 e. The Bertz CT molecular complexity index is 1210. The molecule has 1 aliphatic rings. The normalized spacial score (nSPS) is 13.2. The van der Waals surface area contributed by atoms with Crippen LogP contribution in [0.2, 0.25) is 10.0 Å². The number of nitrogens with one attached hydrogen (secondary N) is 1. The molecule has 2 aromatic carbocycles. The predicted octanol–water partition coefficient (Wildman–Crippen LogP) is 5.33. The number of amides is 1. The first-order valence-electron chi connectivity index (χ1n) is 9.61. The smallest absolute Gasteiger partial charge is 0.335 e. The van der Waals surface area contributed by atoms with Gasteiger partial charge in [-0.1, -0.05) is 46.1 Å². The van der Waals surface area contributed by atoms with Gasteiger partial charge in [0.05, 0.1) is 32.7 Å². The zero-order valence-electron chi connectivity index (χ0n) is 16.7. The van der Waals surface area contributed by atoms with Crippen molar-refractivity contribution in [1.29, 1.82) is 0 Å². The van der Waals surface area contributed by atoms with Crippen molar-refractivity contribution in [2.24, 2.45) is 0 Å². The van der Waals surface area contributed by atoms with Gasteiger partial charge in [-0.25, -0.2) is 9.36 Å².